The van der Waals surface area contributed by atoms with Crippen LogP contribution in [-0.2, 0) is 9.53 Å². The number of alkyl halides is 1. The maximum Gasteiger partial charge on any atom is 0.323 e. The lowest BCUT2D eigenvalue weighted by Gasteiger charge is -2.25. The quantitative estimate of drug-likeness (QED) is 0.586. The van der Waals surface area contributed by atoms with Crippen LogP contribution in [0.2, 0.25) is 0 Å². The highest BCUT2D eigenvalue weighted by molar-refractivity contribution is 6.23. The molecule has 4 heteroatoms. The van der Waals surface area contributed by atoms with Crippen molar-refractivity contribution in [3.05, 3.63) is 0 Å². The molecule has 1 unspecified atom stereocenters. The van der Waals surface area contributed by atoms with Crippen LogP contribution in [-0.4, -0.2) is 22.5 Å². The Morgan fingerprint density at radius 1 is 1.36 bits per heavy atom. The number of carbonyl (C=O) groups excluding carboxylic acids is 1. The number of hydrogen-bond donors (Lipinski definition) is 1. The third kappa shape index (κ3) is 7.15. The Labute approximate surface area is 90.9 Å². The first kappa shape index (κ1) is 13.7. The Morgan fingerprint density at radius 2 is 1.79 bits per heavy atom. The van der Waals surface area contributed by atoms with Crippen molar-refractivity contribution in [1.82, 2.24) is 0 Å². The zero-order chi connectivity index (χ0) is 11.6. The van der Waals surface area contributed by atoms with Gasteiger partial charge < -0.3 is 10.5 Å². The minimum absolute atomic E-state index is 0.397. The van der Waals surface area contributed by atoms with Gasteiger partial charge in [-0.2, -0.15) is 0 Å². The third-order valence-corrected chi connectivity index (χ3v) is 1.57. The third-order valence-electron chi connectivity index (χ3n) is 1.41. The summed E-state index contributed by atoms with van der Waals surface area (Å²) in [5.41, 5.74) is 5.16. The van der Waals surface area contributed by atoms with Gasteiger partial charge in [0.1, 0.15) is 11.6 Å². The van der Waals surface area contributed by atoms with E-state index in [-0.39, 0.29) is 0 Å². The van der Waals surface area contributed by atoms with E-state index in [0.717, 1.165) is 0 Å². The molecule has 0 aliphatic carbocycles. The summed E-state index contributed by atoms with van der Waals surface area (Å²) >= 11 is 5.96. The number of ether oxygens (including phenoxy) is 1. The van der Waals surface area contributed by atoms with Gasteiger partial charge in [0.25, 0.3) is 0 Å². The Hall–Kier alpha value is -0.280. The number of esters is 1. The van der Waals surface area contributed by atoms with Crippen LogP contribution < -0.4 is 5.73 Å². The van der Waals surface area contributed by atoms with E-state index < -0.39 is 22.5 Å². The minimum Gasteiger partial charge on any atom is -0.459 e. The molecule has 0 aliphatic rings. The van der Waals surface area contributed by atoms with Crippen molar-refractivity contribution in [2.75, 3.05) is 0 Å². The zero-order valence-corrected chi connectivity index (χ0v) is 10.3. The van der Waals surface area contributed by atoms with Gasteiger partial charge in [0, 0.05) is 4.87 Å². The Bertz CT molecular complexity index is 203. The van der Waals surface area contributed by atoms with Gasteiger partial charge in [-0.3, -0.25) is 4.79 Å². The number of nitrogens with two attached hydrogens (primary N) is 1. The number of rotatable bonds is 3. The molecule has 0 aromatic carbocycles. The monoisotopic (exact) mass is 221 g/mol. The standard InChI is InChI=1S/C10H20ClNO2/c1-9(2,3)14-8(13)7(12)6-10(4,5)11/h7H,6,12H2,1-5H3. The number of hydrogen-bond acceptors (Lipinski definition) is 3. The Morgan fingerprint density at radius 3 is 2.07 bits per heavy atom. The summed E-state index contributed by atoms with van der Waals surface area (Å²) in [4.78, 5) is 11.0. The summed E-state index contributed by atoms with van der Waals surface area (Å²) < 4.78 is 5.12. The summed E-state index contributed by atoms with van der Waals surface area (Å²) in [5.74, 6) is -0.397. The lowest BCUT2D eigenvalue weighted by atomic mass is 10.0. The van der Waals surface area contributed by atoms with Gasteiger partial charge in [-0.25, -0.2) is 0 Å². The predicted molar refractivity (Wildman–Crippen MR) is 58.4 cm³/mol. The molecule has 0 rings (SSSR count). The maximum absolute atomic E-state index is 11.4. The smallest absolute Gasteiger partial charge is 0.323 e. The Kier molecular flexibility index (Phi) is 4.40. The molecule has 0 spiro atoms. The van der Waals surface area contributed by atoms with Crippen LogP contribution in [0, 0.1) is 0 Å². The van der Waals surface area contributed by atoms with Crippen LogP contribution in [0.5, 0.6) is 0 Å². The normalized spacial score (nSPS) is 15.1. The van der Waals surface area contributed by atoms with E-state index in [1.54, 1.807) is 0 Å². The van der Waals surface area contributed by atoms with Crippen LogP contribution in [0.25, 0.3) is 0 Å². The number of carbonyl (C=O) groups is 1. The molecule has 84 valence electrons. The molecule has 0 amide bonds. The summed E-state index contributed by atoms with van der Waals surface area (Å²) in [7, 11) is 0. The molecular weight excluding hydrogens is 202 g/mol. The van der Waals surface area contributed by atoms with Crippen molar-refractivity contribution in [3.8, 4) is 0 Å². The summed E-state index contributed by atoms with van der Waals surface area (Å²) in [6, 6.07) is -0.651. The fraction of sp³-hybridized carbons (Fsp3) is 0.900. The highest BCUT2D eigenvalue weighted by atomic mass is 35.5. The SMILES string of the molecule is CC(C)(Cl)CC(N)C(=O)OC(C)(C)C. The molecule has 1 atom stereocenters. The molecule has 0 saturated carbocycles. The largest absolute Gasteiger partial charge is 0.459 e. The summed E-state index contributed by atoms with van der Waals surface area (Å²) in [5, 5.41) is 0. The molecule has 0 aliphatic heterocycles. The second kappa shape index (κ2) is 4.49. The fourth-order valence-corrected chi connectivity index (χ4v) is 1.15. The van der Waals surface area contributed by atoms with Crippen molar-refractivity contribution in [3.63, 3.8) is 0 Å². The first-order chi connectivity index (χ1) is 6.01. The Balaban J connectivity index is 4.15. The van der Waals surface area contributed by atoms with E-state index in [9.17, 15) is 4.79 Å². The van der Waals surface area contributed by atoms with Crippen LogP contribution in [0.3, 0.4) is 0 Å². The summed E-state index contributed by atoms with van der Waals surface area (Å²) in [6.45, 7) is 9.06. The van der Waals surface area contributed by atoms with Gasteiger partial charge in [-0.15, -0.1) is 11.6 Å². The number of halogens is 1. The molecule has 0 aromatic rings. The molecule has 0 saturated heterocycles. The van der Waals surface area contributed by atoms with E-state index in [2.05, 4.69) is 0 Å². The molecule has 14 heavy (non-hydrogen) atoms. The maximum atomic E-state index is 11.4. The molecule has 0 heterocycles. The second-order valence-corrected chi connectivity index (χ2v) is 6.09. The van der Waals surface area contributed by atoms with E-state index in [1.165, 1.54) is 0 Å². The van der Waals surface area contributed by atoms with E-state index in [1.807, 2.05) is 34.6 Å². The van der Waals surface area contributed by atoms with Gasteiger partial charge in [0.15, 0.2) is 0 Å². The first-order valence-electron chi connectivity index (χ1n) is 4.69. The van der Waals surface area contributed by atoms with Gasteiger partial charge in [0.05, 0.1) is 0 Å². The molecule has 2 N–H and O–H groups in total. The average Bonchev–Trinajstić information content (AvgIpc) is 1.78. The zero-order valence-electron chi connectivity index (χ0n) is 9.56. The molecule has 0 fully saturated rings. The lowest BCUT2D eigenvalue weighted by Crippen LogP contribution is -2.40. The minimum atomic E-state index is -0.651. The van der Waals surface area contributed by atoms with Crippen LogP contribution in [0.4, 0.5) is 0 Å². The first-order valence-corrected chi connectivity index (χ1v) is 5.06. The van der Waals surface area contributed by atoms with Gasteiger partial charge in [-0.05, 0) is 41.0 Å². The predicted octanol–water partition coefficient (Wildman–Crippen LogP) is 2.06. The lowest BCUT2D eigenvalue weighted by molar-refractivity contribution is -0.156. The van der Waals surface area contributed by atoms with Gasteiger partial charge >= 0.3 is 5.97 Å². The van der Waals surface area contributed by atoms with Crippen molar-refractivity contribution in [2.45, 2.75) is 57.6 Å². The molecule has 0 radical (unpaired) electrons. The molecule has 0 bridgehead atoms. The van der Waals surface area contributed by atoms with Crippen LogP contribution in [0.1, 0.15) is 41.0 Å². The van der Waals surface area contributed by atoms with Crippen LogP contribution in [0.15, 0.2) is 0 Å². The highest BCUT2D eigenvalue weighted by Crippen LogP contribution is 2.20. The van der Waals surface area contributed by atoms with Crippen molar-refractivity contribution in [2.24, 2.45) is 5.73 Å². The van der Waals surface area contributed by atoms with E-state index in [0.29, 0.717) is 6.42 Å². The molecule has 3 nitrogen and oxygen atoms in total. The topological polar surface area (TPSA) is 52.3 Å². The highest BCUT2D eigenvalue weighted by Gasteiger charge is 2.27. The van der Waals surface area contributed by atoms with Gasteiger partial charge in [0.2, 0.25) is 0 Å². The van der Waals surface area contributed by atoms with E-state index >= 15 is 0 Å². The fourth-order valence-electron chi connectivity index (χ4n) is 0.984. The summed E-state index contributed by atoms with van der Waals surface area (Å²) in [6.07, 6.45) is 0.406. The molecule has 0 aromatic heterocycles. The van der Waals surface area contributed by atoms with E-state index in [4.69, 9.17) is 22.1 Å². The average molecular weight is 222 g/mol. The van der Waals surface area contributed by atoms with Crippen molar-refractivity contribution >= 4 is 17.6 Å². The molecular formula is C10H20ClNO2. The van der Waals surface area contributed by atoms with Gasteiger partial charge in [-0.1, -0.05) is 0 Å². The van der Waals surface area contributed by atoms with Crippen LogP contribution >= 0.6 is 11.6 Å². The van der Waals surface area contributed by atoms with Crippen molar-refractivity contribution < 1.29 is 9.53 Å². The second-order valence-electron chi connectivity index (χ2n) is 5.06. The van der Waals surface area contributed by atoms with Crippen molar-refractivity contribution in [1.29, 1.82) is 0 Å².